The predicted molar refractivity (Wildman–Crippen MR) is 110 cm³/mol. The number of rotatable bonds is 6. The summed E-state index contributed by atoms with van der Waals surface area (Å²) in [5.74, 6) is 0.659. The number of benzene rings is 2. The summed E-state index contributed by atoms with van der Waals surface area (Å²) < 4.78 is 1.68. The Bertz CT molecular complexity index is 1040. The van der Waals surface area contributed by atoms with Crippen LogP contribution in [-0.2, 0) is 0 Å². The van der Waals surface area contributed by atoms with Crippen molar-refractivity contribution in [2.75, 3.05) is 6.61 Å². The van der Waals surface area contributed by atoms with E-state index in [0.29, 0.717) is 5.56 Å². The van der Waals surface area contributed by atoms with Crippen LogP contribution in [0.25, 0.3) is 16.8 Å². The first kappa shape index (κ1) is 19.3. The number of hydrogen-bond acceptors (Lipinski definition) is 5. The first-order chi connectivity index (χ1) is 13.9. The Morgan fingerprint density at radius 1 is 1.17 bits per heavy atom. The Labute approximate surface area is 169 Å². The van der Waals surface area contributed by atoms with E-state index >= 15 is 0 Å². The minimum atomic E-state index is -0.477. The van der Waals surface area contributed by atoms with Gasteiger partial charge >= 0.3 is 0 Å². The third-order valence-electron chi connectivity index (χ3n) is 5.35. The fraction of sp³-hybridized carbons (Fsp3) is 0.364. The number of aromatic nitrogens is 4. The Morgan fingerprint density at radius 2 is 1.90 bits per heavy atom. The number of hydrogen-bond donors (Lipinski definition) is 2. The van der Waals surface area contributed by atoms with Gasteiger partial charge < -0.3 is 10.4 Å². The van der Waals surface area contributed by atoms with E-state index in [-0.39, 0.29) is 18.4 Å². The normalized spacial score (nSPS) is 14.8. The molecule has 1 aliphatic rings. The lowest BCUT2D eigenvalue weighted by atomic mass is 10.00. The maximum atomic E-state index is 13.0. The number of carbonyl (C=O) groups excluding carboxylic acids is 1. The molecular formula is C22H25N5O2. The van der Waals surface area contributed by atoms with Crippen LogP contribution in [0.5, 0.6) is 0 Å². The van der Waals surface area contributed by atoms with Crippen LogP contribution in [0.2, 0.25) is 0 Å². The number of nitrogens with zero attached hydrogens (tertiary/aromatic N) is 4. The van der Waals surface area contributed by atoms with Crippen molar-refractivity contribution < 1.29 is 9.90 Å². The highest BCUT2D eigenvalue weighted by Crippen LogP contribution is 2.35. The zero-order valence-corrected chi connectivity index (χ0v) is 16.9. The molecule has 2 aromatic carbocycles. The van der Waals surface area contributed by atoms with Crippen LogP contribution >= 0.6 is 0 Å². The number of aliphatic hydroxyl groups excluding tert-OH is 1. The van der Waals surface area contributed by atoms with E-state index in [1.54, 1.807) is 10.7 Å². The molecule has 0 spiro atoms. The summed E-state index contributed by atoms with van der Waals surface area (Å²) in [6.45, 7) is 6.04. The second-order valence-electron chi connectivity index (χ2n) is 8.13. The average molecular weight is 391 g/mol. The second kappa shape index (κ2) is 7.40. The van der Waals surface area contributed by atoms with E-state index in [0.717, 1.165) is 35.5 Å². The van der Waals surface area contributed by atoms with E-state index in [2.05, 4.69) is 20.8 Å². The number of aliphatic hydroxyl groups is 1. The van der Waals surface area contributed by atoms with Crippen molar-refractivity contribution in [3.8, 4) is 16.8 Å². The summed E-state index contributed by atoms with van der Waals surface area (Å²) >= 11 is 0. The third kappa shape index (κ3) is 3.91. The fourth-order valence-electron chi connectivity index (χ4n) is 3.30. The quantitative estimate of drug-likeness (QED) is 0.674. The van der Waals surface area contributed by atoms with Gasteiger partial charge in [0.2, 0.25) is 0 Å². The minimum absolute atomic E-state index is 0.0479. The Morgan fingerprint density at radius 3 is 2.52 bits per heavy atom. The molecule has 3 aromatic rings. The molecule has 29 heavy (non-hydrogen) atoms. The number of nitrogens with one attached hydrogen (secondary N) is 1. The highest BCUT2D eigenvalue weighted by atomic mass is 16.3. The van der Waals surface area contributed by atoms with E-state index < -0.39 is 5.54 Å². The van der Waals surface area contributed by atoms with Crippen molar-refractivity contribution in [3.05, 3.63) is 59.4 Å². The Hall–Kier alpha value is -3.06. The van der Waals surface area contributed by atoms with Crippen molar-refractivity contribution in [1.82, 2.24) is 25.5 Å². The smallest absolute Gasteiger partial charge is 0.251 e. The van der Waals surface area contributed by atoms with Gasteiger partial charge in [-0.2, -0.15) is 4.68 Å². The maximum absolute atomic E-state index is 13.0. The fourth-order valence-corrected chi connectivity index (χ4v) is 3.30. The topological polar surface area (TPSA) is 92.9 Å². The third-order valence-corrected chi connectivity index (χ3v) is 5.35. The molecule has 7 heteroatoms. The highest BCUT2D eigenvalue weighted by molar-refractivity contribution is 5.97. The van der Waals surface area contributed by atoms with Crippen LogP contribution in [0.3, 0.4) is 0 Å². The van der Waals surface area contributed by atoms with E-state index in [9.17, 15) is 9.90 Å². The van der Waals surface area contributed by atoms with Crippen molar-refractivity contribution in [2.24, 2.45) is 0 Å². The molecule has 1 heterocycles. The number of carbonyl (C=O) groups is 1. The van der Waals surface area contributed by atoms with E-state index in [1.807, 2.05) is 57.2 Å². The lowest BCUT2D eigenvalue weighted by Gasteiger charge is -2.16. The molecular weight excluding hydrogens is 366 g/mol. The van der Waals surface area contributed by atoms with Crippen LogP contribution in [0.4, 0.5) is 0 Å². The van der Waals surface area contributed by atoms with Crippen LogP contribution in [0.15, 0.2) is 42.5 Å². The molecule has 0 radical (unpaired) electrons. The summed E-state index contributed by atoms with van der Waals surface area (Å²) in [7, 11) is 0. The molecule has 1 aliphatic carbocycles. The molecule has 150 valence electrons. The van der Waals surface area contributed by atoms with Gasteiger partial charge in [-0.05, 0) is 59.5 Å². The largest absolute Gasteiger partial charge is 0.394 e. The second-order valence-corrected chi connectivity index (χ2v) is 8.13. The minimum Gasteiger partial charge on any atom is -0.394 e. The molecule has 0 atom stereocenters. The van der Waals surface area contributed by atoms with Gasteiger partial charge in [-0.3, -0.25) is 4.79 Å². The standard InChI is InChI=1S/C22H25N5O2/c1-14(2)20-24-25-26-27(20)19-11-17(16-6-4-15(3)5-7-16)10-18(12-19)21(29)23-22(13-28)8-9-22/h4-7,10-12,14,28H,8-9,13H2,1-3H3,(H,23,29). The lowest BCUT2D eigenvalue weighted by Crippen LogP contribution is -2.39. The SMILES string of the molecule is Cc1ccc(-c2cc(C(=O)NC3(CO)CC3)cc(-n3nnnc3C(C)C)c2)cc1. The maximum Gasteiger partial charge on any atom is 0.251 e. The Kier molecular flexibility index (Phi) is 4.92. The Balaban J connectivity index is 1.80. The van der Waals surface area contributed by atoms with Gasteiger partial charge in [-0.1, -0.05) is 43.7 Å². The van der Waals surface area contributed by atoms with Crippen molar-refractivity contribution in [2.45, 2.75) is 45.1 Å². The van der Waals surface area contributed by atoms with Crippen LogP contribution in [-0.4, -0.2) is 43.4 Å². The molecule has 0 saturated heterocycles. The van der Waals surface area contributed by atoms with Gasteiger partial charge in [-0.25, -0.2) is 0 Å². The van der Waals surface area contributed by atoms with E-state index in [4.69, 9.17) is 0 Å². The molecule has 7 nitrogen and oxygen atoms in total. The zero-order chi connectivity index (χ0) is 20.6. The summed E-state index contributed by atoms with van der Waals surface area (Å²) in [4.78, 5) is 13.0. The van der Waals surface area contributed by atoms with Gasteiger partial charge in [0.05, 0.1) is 17.8 Å². The monoisotopic (exact) mass is 391 g/mol. The molecule has 2 N–H and O–H groups in total. The molecule has 1 saturated carbocycles. The summed E-state index contributed by atoms with van der Waals surface area (Å²) in [5, 5.41) is 24.6. The molecule has 4 rings (SSSR count). The average Bonchev–Trinajstić information content (AvgIpc) is 3.30. The molecule has 0 bridgehead atoms. The molecule has 0 aliphatic heterocycles. The molecule has 1 amide bonds. The lowest BCUT2D eigenvalue weighted by molar-refractivity contribution is 0.0907. The highest BCUT2D eigenvalue weighted by Gasteiger charge is 2.43. The van der Waals surface area contributed by atoms with Crippen molar-refractivity contribution in [1.29, 1.82) is 0 Å². The number of amides is 1. The van der Waals surface area contributed by atoms with Gasteiger partial charge in [-0.15, -0.1) is 5.10 Å². The zero-order valence-electron chi connectivity index (χ0n) is 16.9. The predicted octanol–water partition coefficient (Wildman–Crippen LogP) is 3.02. The number of tetrazole rings is 1. The van der Waals surface area contributed by atoms with Gasteiger partial charge in [0, 0.05) is 11.5 Å². The van der Waals surface area contributed by atoms with Gasteiger partial charge in [0.15, 0.2) is 5.82 Å². The molecule has 1 fully saturated rings. The first-order valence-corrected chi connectivity index (χ1v) is 9.85. The summed E-state index contributed by atoms with van der Waals surface area (Å²) in [5.41, 5.74) is 3.86. The van der Waals surface area contributed by atoms with Crippen LogP contribution < -0.4 is 5.32 Å². The first-order valence-electron chi connectivity index (χ1n) is 9.85. The van der Waals surface area contributed by atoms with Gasteiger partial charge in [0.25, 0.3) is 5.91 Å². The van der Waals surface area contributed by atoms with Crippen molar-refractivity contribution >= 4 is 5.91 Å². The van der Waals surface area contributed by atoms with Crippen LogP contribution in [0, 0.1) is 6.92 Å². The van der Waals surface area contributed by atoms with Crippen LogP contribution in [0.1, 0.15) is 54.4 Å². The van der Waals surface area contributed by atoms with Crippen molar-refractivity contribution in [3.63, 3.8) is 0 Å². The van der Waals surface area contributed by atoms with Gasteiger partial charge in [0.1, 0.15) is 0 Å². The summed E-state index contributed by atoms with van der Waals surface area (Å²) in [6.07, 6.45) is 1.59. The number of aryl methyl sites for hydroxylation is 1. The van der Waals surface area contributed by atoms with E-state index in [1.165, 1.54) is 5.56 Å². The summed E-state index contributed by atoms with van der Waals surface area (Å²) in [6, 6.07) is 13.8. The molecule has 0 unspecified atom stereocenters. The molecule has 1 aromatic heterocycles.